The molecule has 3 atom stereocenters. The van der Waals surface area contributed by atoms with E-state index in [0.29, 0.717) is 42.8 Å². The number of para-hydroxylation sites is 1. The lowest BCUT2D eigenvalue weighted by Crippen LogP contribution is -2.48. The third kappa shape index (κ3) is 11.3. The Morgan fingerprint density at radius 2 is 1.57 bits per heavy atom. The van der Waals surface area contributed by atoms with E-state index in [1.807, 2.05) is 59.1 Å². The maximum atomic E-state index is 13.1. The smallest absolute Gasteiger partial charge is 0.315 e. The van der Waals surface area contributed by atoms with Gasteiger partial charge in [-0.25, -0.2) is 9.78 Å². The van der Waals surface area contributed by atoms with Crippen molar-refractivity contribution in [2.45, 2.75) is 61.8 Å². The van der Waals surface area contributed by atoms with Crippen molar-refractivity contribution in [3.8, 4) is 23.1 Å². The molecule has 5 heterocycles. The Balaban J connectivity index is 0.768. The Kier molecular flexibility index (Phi) is 14.2. The topological polar surface area (TPSA) is 171 Å². The average molecular weight is 811 g/mol. The maximum absolute atomic E-state index is 13.1. The van der Waals surface area contributed by atoms with Crippen LogP contribution in [-0.2, 0) is 9.59 Å². The molecule has 4 aliphatic rings. The molecule has 4 aliphatic heterocycles. The van der Waals surface area contributed by atoms with Crippen molar-refractivity contribution in [1.29, 1.82) is 0 Å². The van der Waals surface area contributed by atoms with E-state index in [0.717, 1.165) is 88.6 Å². The molecule has 0 saturated carbocycles. The minimum atomic E-state index is -0.621. The first-order valence-corrected chi connectivity index (χ1v) is 21.5. The molecule has 0 bridgehead atoms. The number of nitrogens with zero attached hydrogens (tertiary/aromatic N) is 4. The highest BCUT2D eigenvalue weighted by Crippen LogP contribution is 2.34. The van der Waals surface area contributed by atoms with Gasteiger partial charge in [-0.05, 0) is 74.2 Å². The summed E-state index contributed by atoms with van der Waals surface area (Å²) in [4.78, 5) is 60.6. The summed E-state index contributed by atoms with van der Waals surface area (Å²) in [5, 5.41) is 9.52. The molecule has 3 aromatic rings. The highest BCUT2D eigenvalue weighted by Gasteiger charge is 2.42. The van der Waals surface area contributed by atoms with Crippen LogP contribution in [0.5, 0.6) is 23.1 Å². The van der Waals surface area contributed by atoms with Crippen molar-refractivity contribution in [2.24, 2.45) is 5.73 Å². The number of nitrogens with two attached hydrogens (primary N) is 1. The predicted octanol–water partition coefficient (Wildman–Crippen LogP) is 4.49. The van der Waals surface area contributed by atoms with Gasteiger partial charge in [0, 0.05) is 94.0 Å². The summed E-state index contributed by atoms with van der Waals surface area (Å²) in [6.45, 7) is 7.10. The fraction of sp³-hybridized carbons (Fsp3) is 0.465. The molecular weight excluding hydrogens is 757 g/mol. The molecule has 0 radical (unpaired) electrons. The number of urea groups is 1. The lowest BCUT2D eigenvalue weighted by molar-refractivity contribution is -0.127. The summed E-state index contributed by atoms with van der Waals surface area (Å²) in [6, 6.07) is 20.5. The zero-order valence-electron chi connectivity index (χ0n) is 32.9. The van der Waals surface area contributed by atoms with Crippen LogP contribution in [0.3, 0.4) is 0 Å². The zero-order chi connectivity index (χ0) is 40.3. The fourth-order valence-corrected chi connectivity index (χ4v) is 9.52. The molecule has 2 aromatic carbocycles. The van der Waals surface area contributed by atoms with Crippen LogP contribution < -0.4 is 31.2 Å². The average Bonchev–Trinajstić information content (AvgIpc) is 3.80. The molecule has 0 aliphatic carbocycles. The second-order valence-electron chi connectivity index (χ2n) is 15.3. The van der Waals surface area contributed by atoms with Crippen LogP contribution in [0.2, 0.25) is 0 Å². The number of fused-ring (bicyclic) bond motifs is 1. The quantitative estimate of drug-likeness (QED) is 0.0866. The number of pyridine rings is 1. The Hall–Kier alpha value is -5.12. The minimum absolute atomic E-state index is 0.0132. The highest BCUT2D eigenvalue weighted by atomic mass is 32.2. The summed E-state index contributed by atoms with van der Waals surface area (Å²) >= 11 is 1.91. The summed E-state index contributed by atoms with van der Waals surface area (Å²) in [5.41, 5.74) is 6.67. The lowest BCUT2D eigenvalue weighted by Gasteiger charge is -2.34. The van der Waals surface area contributed by atoms with Crippen molar-refractivity contribution in [2.75, 3.05) is 64.7 Å². The lowest BCUT2D eigenvalue weighted by atomic mass is 9.92. The summed E-state index contributed by atoms with van der Waals surface area (Å²) in [7, 11) is 0. The van der Waals surface area contributed by atoms with Crippen LogP contribution in [0.15, 0.2) is 78.9 Å². The number of carbonyl (C=O) groups excluding carboxylic acids is 4. The van der Waals surface area contributed by atoms with Gasteiger partial charge in [0.15, 0.2) is 0 Å². The van der Waals surface area contributed by atoms with Crippen LogP contribution in [0.1, 0.15) is 60.5 Å². The van der Waals surface area contributed by atoms with E-state index in [1.165, 1.54) is 0 Å². The van der Waals surface area contributed by atoms with Gasteiger partial charge in [-0.1, -0.05) is 30.7 Å². The summed E-state index contributed by atoms with van der Waals surface area (Å²) < 4.78 is 11.9. The Bertz CT molecular complexity index is 1900. The SMILES string of the molecule is NC(=O)c1ccc(C2CCN(C(=O)/C=C/CN3CCN(CCNC(=O)CCCC[C@@H]4SC[C@@H]5NC(=O)N[C@@H]54)CC3)CC2)nc1Oc1ccc(Oc2ccccc2)cc1. The molecule has 7 rings (SSSR count). The number of carbonyl (C=O) groups is 4. The molecule has 58 heavy (non-hydrogen) atoms. The summed E-state index contributed by atoms with van der Waals surface area (Å²) in [6.07, 6.45) is 8.55. The van der Waals surface area contributed by atoms with Crippen LogP contribution in [0.25, 0.3) is 0 Å². The van der Waals surface area contributed by atoms with E-state index in [1.54, 1.807) is 36.4 Å². The standard InChI is InChI=1S/C43H54N8O6S/c44-41(54)34-16-17-35(46-42(34)57-33-14-12-32(13-15-33)56-31-7-2-1-3-8-31)30-18-22-51(23-19-30)39(53)11-6-21-49-25-27-50(28-26-49)24-20-45-38(52)10-5-4-9-37-40-36(29-58-37)47-43(55)48-40/h1-3,6-8,11-17,30,36-37,40H,4-5,9-10,18-29H2,(H2,44,54)(H,45,52)(H2,47,48,55)/b11-6+/t36-,37-,40-/m0/s1. The molecule has 308 valence electrons. The van der Waals surface area contributed by atoms with Crippen molar-refractivity contribution >= 4 is 35.5 Å². The van der Waals surface area contributed by atoms with Gasteiger partial charge < -0.3 is 36.1 Å². The molecule has 0 spiro atoms. The number of hydrogen-bond donors (Lipinski definition) is 4. The second kappa shape index (κ2) is 20.0. The van der Waals surface area contributed by atoms with Crippen molar-refractivity contribution in [3.63, 3.8) is 0 Å². The van der Waals surface area contributed by atoms with E-state index in [-0.39, 0.29) is 47.3 Å². The Labute approximate surface area is 344 Å². The van der Waals surface area contributed by atoms with Gasteiger partial charge >= 0.3 is 6.03 Å². The largest absolute Gasteiger partial charge is 0.457 e. The van der Waals surface area contributed by atoms with Gasteiger partial charge in [0.25, 0.3) is 5.91 Å². The first kappa shape index (κ1) is 41.1. The van der Waals surface area contributed by atoms with E-state index in [2.05, 4.69) is 25.8 Å². The Morgan fingerprint density at radius 3 is 2.31 bits per heavy atom. The molecule has 1 aromatic heterocycles. The van der Waals surface area contributed by atoms with Gasteiger partial charge in [0.1, 0.15) is 22.8 Å². The Morgan fingerprint density at radius 1 is 0.862 bits per heavy atom. The van der Waals surface area contributed by atoms with E-state index < -0.39 is 5.91 Å². The number of likely N-dealkylation sites (tertiary alicyclic amines) is 1. The molecular formula is C43H54N8O6S. The molecule has 0 unspecified atom stereocenters. The minimum Gasteiger partial charge on any atom is -0.457 e. The molecule has 14 nitrogen and oxygen atoms in total. The third-order valence-corrected chi connectivity index (χ3v) is 12.8. The first-order valence-electron chi connectivity index (χ1n) is 20.4. The van der Waals surface area contributed by atoms with Crippen LogP contribution in [-0.4, -0.2) is 125 Å². The number of aromatic nitrogens is 1. The number of unbranched alkanes of at least 4 members (excludes halogenated alkanes) is 1. The number of primary amides is 1. The van der Waals surface area contributed by atoms with Gasteiger partial charge in [-0.3, -0.25) is 24.2 Å². The molecule has 4 saturated heterocycles. The van der Waals surface area contributed by atoms with Crippen LogP contribution in [0, 0.1) is 0 Å². The van der Waals surface area contributed by atoms with Gasteiger partial charge in [-0.15, -0.1) is 0 Å². The molecule has 4 fully saturated rings. The van der Waals surface area contributed by atoms with Gasteiger partial charge in [0.05, 0.1) is 12.1 Å². The number of piperidine rings is 1. The summed E-state index contributed by atoms with van der Waals surface area (Å²) in [5.74, 6) is 2.60. The number of benzene rings is 2. The normalized spacial score (nSPS) is 21.3. The van der Waals surface area contributed by atoms with E-state index in [4.69, 9.17) is 20.2 Å². The maximum Gasteiger partial charge on any atom is 0.315 e. The number of hydrogen-bond acceptors (Lipinski definition) is 10. The predicted molar refractivity (Wildman–Crippen MR) is 223 cm³/mol. The second-order valence-corrected chi connectivity index (χ2v) is 16.6. The number of nitrogens with one attached hydrogen (secondary N) is 3. The van der Waals surface area contributed by atoms with E-state index in [9.17, 15) is 19.2 Å². The zero-order valence-corrected chi connectivity index (χ0v) is 33.7. The van der Waals surface area contributed by atoms with E-state index >= 15 is 0 Å². The van der Waals surface area contributed by atoms with Crippen LogP contribution >= 0.6 is 11.8 Å². The van der Waals surface area contributed by atoms with Crippen LogP contribution in [0.4, 0.5) is 4.79 Å². The number of rotatable bonds is 17. The molecule has 5 N–H and O–H groups in total. The monoisotopic (exact) mass is 810 g/mol. The number of thioether (sulfide) groups is 1. The van der Waals surface area contributed by atoms with Gasteiger partial charge in [-0.2, -0.15) is 11.8 Å². The number of amides is 5. The third-order valence-electron chi connectivity index (χ3n) is 11.3. The first-order chi connectivity index (χ1) is 28.3. The fourth-order valence-electron chi connectivity index (χ4n) is 7.97. The van der Waals surface area contributed by atoms with Crippen molar-refractivity contribution < 1.29 is 28.7 Å². The van der Waals surface area contributed by atoms with Gasteiger partial charge in [0.2, 0.25) is 17.7 Å². The highest BCUT2D eigenvalue weighted by molar-refractivity contribution is 8.00. The number of piperazine rings is 1. The van der Waals surface area contributed by atoms with Crippen molar-refractivity contribution in [1.82, 2.24) is 35.6 Å². The van der Waals surface area contributed by atoms with Crippen molar-refractivity contribution in [3.05, 3.63) is 90.1 Å². The molecule has 15 heteroatoms. The number of ether oxygens (including phenoxy) is 2. The molecule has 5 amide bonds.